The van der Waals surface area contributed by atoms with Crippen LogP contribution in [-0.4, -0.2) is 55.8 Å². The Morgan fingerprint density at radius 3 is 1.29 bits per heavy atom. The van der Waals surface area contributed by atoms with Crippen molar-refractivity contribution in [3.05, 3.63) is 82.2 Å². The van der Waals surface area contributed by atoms with Gasteiger partial charge in [-0.05, 0) is 49.5 Å². The molecule has 0 fully saturated rings. The van der Waals surface area contributed by atoms with Crippen LogP contribution < -0.4 is 9.47 Å². The van der Waals surface area contributed by atoms with E-state index < -0.39 is 0 Å². The Kier molecular flexibility index (Phi) is 8.25. The quantitative estimate of drug-likeness (QED) is 0.498. The van der Waals surface area contributed by atoms with Gasteiger partial charge in [0.25, 0.3) is 0 Å². The molecule has 2 aromatic carbocycles. The largest absolute Gasteiger partial charge is 0.497 e. The third-order valence-corrected chi connectivity index (χ3v) is 7.42. The van der Waals surface area contributed by atoms with Crippen molar-refractivity contribution < 1.29 is 9.47 Å². The molecular weight excluding hydrogens is 469 g/mol. The van der Waals surface area contributed by atoms with E-state index >= 15 is 0 Å². The summed E-state index contributed by atoms with van der Waals surface area (Å²) in [6, 6.07) is 17.7. The van der Waals surface area contributed by atoms with E-state index in [-0.39, 0.29) is 36.9 Å². The fourth-order valence-corrected chi connectivity index (χ4v) is 5.73. The van der Waals surface area contributed by atoms with Crippen molar-refractivity contribution in [2.24, 2.45) is 7.05 Å². The van der Waals surface area contributed by atoms with Gasteiger partial charge in [0.05, 0.1) is 26.3 Å². The van der Waals surface area contributed by atoms with Crippen molar-refractivity contribution in [2.45, 2.75) is 24.9 Å². The molecule has 3 heterocycles. The maximum Gasteiger partial charge on any atom is 0.118 e. The second kappa shape index (κ2) is 10.6. The molecule has 34 heavy (non-hydrogen) atoms. The number of nitrogens with zero attached hydrogens (tertiary/aromatic N) is 3. The predicted octanol–water partition coefficient (Wildman–Crippen LogP) is 5.04. The van der Waals surface area contributed by atoms with Crippen LogP contribution in [0.5, 0.6) is 11.5 Å². The summed E-state index contributed by atoms with van der Waals surface area (Å²) in [5.74, 6) is 1.80. The Morgan fingerprint density at radius 2 is 0.971 bits per heavy atom. The highest BCUT2D eigenvalue weighted by molar-refractivity contribution is 5.85. The minimum Gasteiger partial charge on any atom is -0.497 e. The molecule has 5 nitrogen and oxygen atoms in total. The zero-order valence-corrected chi connectivity index (χ0v) is 22.2. The van der Waals surface area contributed by atoms with Gasteiger partial charge in [-0.3, -0.25) is 9.80 Å². The minimum atomic E-state index is 0. The maximum atomic E-state index is 5.42. The van der Waals surface area contributed by atoms with Gasteiger partial charge in [0.1, 0.15) is 11.5 Å². The molecule has 0 bridgehead atoms. The highest BCUT2D eigenvalue weighted by Gasteiger charge is 2.39. The average molecular weight is 505 g/mol. The topological polar surface area (TPSA) is 29.9 Å². The Labute approximate surface area is 215 Å². The molecule has 0 aliphatic carbocycles. The first-order valence-electron chi connectivity index (χ1n) is 11.4. The summed E-state index contributed by atoms with van der Waals surface area (Å²) in [7, 11) is 10.2. The van der Waals surface area contributed by atoms with Gasteiger partial charge in [0.15, 0.2) is 0 Å². The van der Waals surface area contributed by atoms with Gasteiger partial charge in [-0.15, -0.1) is 24.8 Å². The van der Waals surface area contributed by atoms with Crippen molar-refractivity contribution in [2.75, 3.05) is 41.4 Å². The summed E-state index contributed by atoms with van der Waals surface area (Å²) < 4.78 is 13.3. The molecule has 2 aliphatic rings. The minimum absolute atomic E-state index is 0. The molecule has 184 valence electrons. The van der Waals surface area contributed by atoms with Crippen LogP contribution >= 0.6 is 24.8 Å². The molecular formula is C27H35Cl2N3O2. The Morgan fingerprint density at radius 1 is 0.618 bits per heavy atom. The third kappa shape index (κ3) is 4.31. The van der Waals surface area contributed by atoms with Crippen LogP contribution in [0.25, 0.3) is 0 Å². The second-order valence-electron chi connectivity index (χ2n) is 9.09. The molecule has 0 saturated heterocycles. The molecule has 1 aromatic heterocycles. The Bertz CT molecular complexity index is 1030. The van der Waals surface area contributed by atoms with Gasteiger partial charge in [0.2, 0.25) is 0 Å². The van der Waals surface area contributed by atoms with Crippen LogP contribution in [0.3, 0.4) is 0 Å². The summed E-state index contributed by atoms with van der Waals surface area (Å²) in [4.78, 5) is 5.01. The molecule has 0 saturated carbocycles. The van der Waals surface area contributed by atoms with Crippen molar-refractivity contribution in [1.82, 2.24) is 14.4 Å². The van der Waals surface area contributed by atoms with E-state index in [9.17, 15) is 0 Å². The molecule has 5 rings (SSSR count). The van der Waals surface area contributed by atoms with Crippen LogP contribution in [0.15, 0.2) is 48.5 Å². The highest BCUT2D eigenvalue weighted by Crippen LogP contribution is 2.46. The van der Waals surface area contributed by atoms with Crippen molar-refractivity contribution >= 4 is 24.8 Å². The van der Waals surface area contributed by atoms with E-state index in [0.717, 1.165) is 37.4 Å². The third-order valence-electron chi connectivity index (χ3n) is 7.42. The lowest BCUT2D eigenvalue weighted by molar-refractivity contribution is 0.244. The lowest BCUT2D eigenvalue weighted by Crippen LogP contribution is -2.36. The number of likely N-dealkylation sites (N-methyl/N-ethyl adjacent to an activating group) is 2. The van der Waals surface area contributed by atoms with Crippen molar-refractivity contribution in [3.8, 4) is 11.5 Å². The molecule has 2 atom stereocenters. The van der Waals surface area contributed by atoms with E-state index in [4.69, 9.17) is 9.47 Å². The second-order valence-corrected chi connectivity index (χ2v) is 9.09. The first-order chi connectivity index (χ1) is 15.5. The summed E-state index contributed by atoms with van der Waals surface area (Å²) in [6.45, 7) is 2.12. The number of fused-ring (bicyclic) bond motifs is 3. The van der Waals surface area contributed by atoms with Crippen LogP contribution in [0.2, 0.25) is 0 Å². The van der Waals surface area contributed by atoms with E-state index in [0.29, 0.717) is 0 Å². The maximum absolute atomic E-state index is 5.42. The monoisotopic (exact) mass is 503 g/mol. The number of halogens is 2. The van der Waals surface area contributed by atoms with Gasteiger partial charge >= 0.3 is 0 Å². The summed E-state index contributed by atoms with van der Waals surface area (Å²) >= 11 is 0. The number of methoxy groups -OCH3 is 2. The zero-order valence-electron chi connectivity index (χ0n) is 20.6. The van der Waals surface area contributed by atoms with E-state index in [1.165, 1.54) is 33.6 Å². The Hall–Kier alpha value is -2.18. The van der Waals surface area contributed by atoms with Gasteiger partial charge < -0.3 is 14.0 Å². The lowest BCUT2D eigenvalue weighted by atomic mass is 9.83. The van der Waals surface area contributed by atoms with Gasteiger partial charge in [-0.1, -0.05) is 24.3 Å². The van der Waals surface area contributed by atoms with Crippen LogP contribution in [0, 0.1) is 0 Å². The zero-order chi connectivity index (χ0) is 22.4. The van der Waals surface area contributed by atoms with Gasteiger partial charge in [0, 0.05) is 55.5 Å². The Balaban J connectivity index is 0.00000162. The number of aromatic nitrogens is 1. The molecule has 0 amide bonds. The van der Waals surface area contributed by atoms with E-state index in [1.54, 1.807) is 14.2 Å². The van der Waals surface area contributed by atoms with E-state index in [2.05, 4.69) is 84.0 Å². The number of ether oxygens (including phenoxy) is 2. The molecule has 7 heteroatoms. The molecule has 0 N–H and O–H groups in total. The van der Waals surface area contributed by atoms with Crippen molar-refractivity contribution in [1.29, 1.82) is 0 Å². The standard InChI is InChI=1S/C27H33N3O2.2ClH/c1-28-16-14-22-24(26(28)18-6-10-20(31-4)11-7-18)25-23(30(22)3)15-17-29(2)27(25)19-8-12-21(32-5)13-9-19;;/h6-13,26-27H,14-17H2,1-5H3;2*1H. The first kappa shape index (κ1) is 26.4. The smallest absolute Gasteiger partial charge is 0.118 e. The summed E-state index contributed by atoms with van der Waals surface area (Å²) in [5.41, 5.74) is 8.61. The fourth-order valence-electron chi connectivity index (χ4n) is 5.73. The predicted molar refractivity (Wildman–Crippen MR) is 142 cm³/mol. The van der Waals surface area contributed by atoms with Crippen LogP contribution in [-0.2, 0) is 19.9 Å². The number of hydrogen-bond donors (Lipinski definition) is 0. The van der Waals surface area contributed by atoms with Crippen molar-refractivity contribution in [3.63, 3.8) is 0 Å². The summed E-state index contributed by atoms with van der Waals surface area (Å²) in [5, 5.41) is 0. The van der Waals surface area contributed by atoms with Crippen LogP contribution in [0.1, 0.15) is 45.7 Å². The molecule has 3 aromatic rings. The average Bonchev–Trinajstić information content (AvgIpc) is 3.11. The first-order valence-corrected chi connectivity index (χ1v) is 11.4. The van der Waals surface area contributed by atoms with Gasteiger partial charge in [-0.25, -0.2) is 0 Å². The normalized spacial score (nSPS) is 19.9. The lowest BCUT2D eigenvalue weighted by Gasteiger charge is -2.38. The molecule has 2 unspecified atom stereocenters. The SMILES string of the molecule is COc1ccc(C2c3c4c(n(C)c3CCN2C)CCN(C)C4c2ccc(OC)cc2)cc1.Cl.Cl. The number of benzene rings is 2. The highest BCUT2D eigenvalue weighted by atomic mass is 35.5. The number of hydrogen-bond acceptors (Lipinski definition) is 4. The summed E-state index contributed by atoms with van der Waals surface area (Å²) in [6.07, 6.45) is 2.17. The van der Waals surface area contributed by atoms with Crippen LogP contribution in [0.4, 0.5) is 0 Å². The fraction of sp³-hybridized carbons (Fsp3) is 0.407. The number of rotatable bonds is 4. The molecule has 0 radical (unpaired) electrons. The van der Waals surface area contributed by atoms with Gasteiger partial charge in [-0.2, -0.15) is 0 Å². The van der Waals surface area contributed by atoms with E-state index in [1.807, 2.05) is 0 Å². The molecule has 0 spiro atoms. The molecule has 2 aliphatic heterocycles.